The van der Waals surface area contributed by atoms with Gasteiger partial charge in [-0.15, -0.1) is 5.10 Å². The van der Waals surface area contributed by atoms with E-state index in [1.807, 2.05) is 12.1 Å². The SMILES string of the molecule is NC(=NN=Cc1ccc(-c2ccc(Cl)cc2)o1)N[N+](=O)[O-]. The number of rotatable bonds is 4. The Morgan fingerprint density at radius 3 is 2.71 bits per heavy atom. The number of hydrogen-bond acceptors (Lipinski definition) is 5. The van der Waals surface area contributed by atoms with E-state index in [2.05, 4.69) is 10.2 Å². The van der Waals surface area contributed by atoms with Crippen molar-refractivity contribution in [3.05, 3.63) is 57.3 Å². The zero-order valence-corrected chi connectivity index (χ0v) is 11.3. The fourth-order valence-corrected chi connectivity index (χ4v) is 1.58. The zero-order chi connectivity index (χ0) is 15.2. The fraction of sp³-hybridized carbons (Fsp3) is 0. The van der Waals surface area contributed by atoms with E-state index in [9.17, 15) is 10.1 Å². The van der Waals surface area contributed by atoms with Crippen molar-refractivity contribution in [3.8, 4) is 11.3 Å². The summed E-state index contributed by atoms with van der Waals surface area (Å²) in [6, 6.07) is 10.6. The van der Waals surface area contributed by atoms with E-state index in [0.29, 0.717) is 16.5 Å². The van der Waals surface area contributed by atoms with Gasteiger partial charge >= 0.3 is 0 Å². The number of halogens is 1. The van der Waals surface area contributed by atoms with Crippen LogP contribution in [0.3, 0.4) is 0 Å². The number of nitrogens with zero attached hydrogens (tertiary/aromatic N) is 3. The van der Waals surface area contributed by atoms with E-state index in [1.165, 1.54) is 6.21 Å². The average molecular weight is 308 g/mol. The Morgan fingerprint density at radius 1 is 1.33 bits per heavy atom. The van der Waals surface area contributed by atoms with Gasteiger partial charge in [-0.1, -0.05) is 17.0 Å². The maximum absolute atomic E-state index is 10.1. The van der Waals surface area contributed by atoms with Crippen LogP contribution < -0.4 is 11.2 Å². The third-order valence-electron chi connectivity index (χ3n) is 2.31. The monoisotopic (exact) mass is 307 g/mol. The molecule has 8 nitrogen and oxygen atoms in total. The first kappa shape index (κ1) is 14.5. The Labute approximate surface area is 124 Å². The van der Waals surface area contributed by atoms with Gasteiger partial charge in [0.25, 0.3) is 5.96 Å². The summed E-state index contributed by atoms with van der Waals surface area (Å²) in [7, 11) is 0. The molecule has 0 atom stereocenters. The lowest BCUT2D eigenvalue weighted by Crippen LogP contribution is -2.35. The number of hydrazine groups is 1. The van der Waals surface area contributed by atoms with E-state index in [1.54, 1.807) is 29.7 Å². The maximum Gasteiger partial charge on any atom is 0.275 e. The molecule has 0 aliphatic carbocycles. The molecule has 2 rings (SSSR count). The van der Waals surface area contributed by atoms with Crippen LogP contribution in [0.4, 0.5) is 0 Å². The van der Waals surface area contributed by atoms with Crippen molar-refractivity contribution in [1.82, 2.24) is 5.43 Å². The van der Waals surface area contributed by atoms with Gasteiger partial charge < -0.3 is 10.2 Å². The van der Waals surface area contributed by atoms with Crippen molar-refractivity contribution in [2.24, 2.45) is 15.9 Å². The summed E-state index contributed by atoms with van der Waals surface area (Å²) in [6.45, 7) is 0. The molecule has 0 aliphatic rings. The molecule has 9 heteroatoms. The van der Waals surface area contributed by atoms with Crippen LogP contribution in [0.5, 0.6) is 0 Å². The van der Waals surface area contributed by atoms with Gasteiger partial charge in [0.2, 0.25) is 0 Å². The Hall–Kier alpha value is -2.87. The fourth-order valence-electron chi connectivity index (χ4n) is 1.46. The van der Waals surface area contributed by atoms with Gasteiger partial charge in [0.15, 0.2) is 5.03 Å². The number of nitrogens with two attached hydrogens (primary N) is 1. The topological polar surface area (TPSA) is 119 Å². The van der Waals surface area contributed by atoms with Crippen LogP contribution in [0.1, 0.15) is 5.76 Å². The van der Waals surface area contributed by atoms with E-state index in [4.69, 9.17) is 21.8 Å². The van der Waals surface area contributed by atoms with Crippen LogP contribution in [0, 0.1) is 10.1 Å². The molecule has 0 spiro atoms. The van der Waals surface area contributed by atoms with Crippen molar-refractivity contribution >= 4 is 23.8 Å². The zero-order valence-electron chi connectivity index (χ0n) is 10.6. The molecular weight excluding hydrogens is 298 g/mol. The van der Waals surface area contributed by atoms with Crippen molar-refractivity contribution in [2.45, 2.75) is 0 Å². The van der Waals surface area contributed by atoms with Crippen LogP contribution in [-0.2, 0) is 0 Å². The van der Waals surface area contributed by atoms with E-state index in [0.717, 1.165) is 5.56 Å². The van der Waals surface area contributed by atoms with Crippen molar-refractivity contribution in [3.63, 3.8) is 0 Å². The molecule has 0 saturated heterocycles. The summed E-state index contributed by atoms with van der Waals surface area (Å²) in [5.41, 5.74) is 7.71. The Morgan fingerprint density at radius 2 is 2.05 bits per heavy atom. The van der Waals surface area contributed by atoms with Crippen LogP contribution in [0.15, 0.2) is 51.0 Å². The summed E-state index contributed by atoms with van der Waals surface area (Å²) in [4.78, 5) is 10.1. The standard InChI is InChI=1S/C12H10ClN5O3/c13-9-3-1-8(2-4-9)11-6-5-10(21-11)7-15-16-12(14)17-18(19)20/h1-7H,(H3,14,16,17). The van der Waals surface area contributed by atoms with Gasteiger partial charge in [-0.25, -0.2) is 10.1 Å². The minimum Gasteiger partial charge on any atom is -0.455 e. The maximum atomic E-state index is 10.1. The minimum absolute atomic E-state index is 0.428. The van der Waals surface area contributed by atoms with E-state index < -0.39 is 11.0 Å². The van der Waals surface area contributed by atoms with Crippen LogP contribution in [-0.4, -0.2) is 17.2 Å². The highest BCUT2D eigenvalue weighted by Crippen LogP contribution is 2.23. The number of hydrogen-bond donors (Lipinski definition) is 2. The van der Waals surface area contributed by atoms with Gasteiger partial charge in [0, 0.05) is 10.6 Å². The number of guanidine groups is 1. The smallest absolute Gasteiger partial charge is 0.275 e. The molecule has 3 N–H and O–H groups in total. The lowest BCUT2D eigenvalue weighted by molar-refractivity contribution is -0.525. The lowest BCUT2D eigenvalue weighted by Gasteiger charge is -1.96. The number of furan rings is 1. The Kier molecular flexibility index (Phi) is 4.52. The van der Waals surface area contributed by atoms with Crippen molar-refractivity contribution in [2.75, 3.05) is 0 Å². The van der Waals surface area contributed by atoms with E-state index in [-0.39, 0.29) is 0 Å². The van der Waals surface area contributed by atoms with Gasteiger partial charge in [-0.2, -0.15) is 5.10 Å². The molecule has 1 heterocycles. The second kappa shape index (κ2) is 6.53. The van der Waals surface area contributed by atoms with Gasteiger partial charge in [-0.3, -0.25) is 0 Å². The highest BCUT2D eigenvalue weighted by Gasteiger charge is 2.03. The molecular formula is C12H10ClN5O3. The van der Waals surface area contributed by atoms with Gasteiger partial charge in [0.1, 0.15) is 11.5 Å². The third kappa shape index (κ3) is 4.32. The summed E-state index contributed by atoms with van der Waals surface area (Å²) in [6.07, 6.45) is 1.29. The lowest BCUT2D eigenvalue weighted by atomic mass is 10.2. The quantitative estimate of drug-likeness (QED) is 0.387. The molecule has 0 bridgehead atoms. The van der Waals surface area contributed by atoms with Crippen molar-refractivity contribution < 1.29 is 9.45 Å². The van der Waals surface area contributed by atoms with Crippen LogP contribution in [0.25, 0.3) is 11.3 Å². The molecule has 0 radical (unpaired) electrons. The van der Waals surface area contributed by atoms with Crippen LogP contribution in [0.2, 0.25) is 5.02 Å². The molecule has 0 aliphatic heterocycles. The van der Waals surface area contributed by atoms with Crippen LogP contribution >= 0.6 is 11.6 Å². The first-order valence-corrected chi connectivity index (χ1v) is 6.06. The molecule has 21 heavy (non-hydrogen) atoms. The molecule has 0 unspecified atom stereocenters. The first-order valence-electron chi connectivity index (χ1n) is 5.68. The summed E-state index contributed by atoms with van der Waals surface area (Å²) < 4.78 is 5.52. The van der Waals surface area contributed by atoms with E-state index >= 15 is 0 Å². The molecule has 108 valence electrons. The minimum atomic E-state index is -0.833. The van der Waals surface area contributed by atoms with Crippen molar-refractivity contribution in [1.29, 1.82) is 0 Å². The predicted molar refractivity (Wildman–Crippen MR) is 78.5 cm³/mol. The highest BCUT2D eigenvalue weighted by atomic mass is 35.5. The van der Waals surface area contributed by atoms with Gasteiger partial charge in [0.05, 0.1) is 6.21 Å². The second-order valence-electron chi connectivity index (χ2n) is 3.81. The summed E-state index contributed by atoms with van der Waals surface area (Å²) in [5.74, 6) is 0.631. The molecule has 0 amide bonds. The second-order valence-corrected chi connectivity index (χ2v) is 4.24. The molecule has 2 aromatic rings. The van der Waals surface area contributed by atoms with Gasteiger partial charge in [-0.05, 0) is 36.4 Å². The largest absolute Gasteiger partial charge is 0.455 e. The molecule has 0 fully saturated rings. The molecule has 0 saturated carbocycles. The summed E-state index contributed by atoms with van der Waals surface area (Å²) >= 11 is 5.81. The molecule has 1 aromatic heterocycles. The number of nitro groups is 1. The highest BCUT2D eigenvalue weighted by molar-refractivity contribution is 6.30. The average Bonchev–Trinajstić information content (AvgIpc) is 2.87. The normalized spacial score (nSPS) is 11.8. The third-order valence-corrected chi connectivity index (χ3v) is 2.56. The molecule has 1 aromatic carbocycles. The Balaban J connectivity index is 2.06. The predicted octanol–water partition coefficient (Wildman–Crippen LogP) is 2.03. The summed E-state index contributed by atoms with van der Waals surface area (Å²) in [5, 5.41) is 16.8. The first-order chi connectivity index (χ1) is 10.0. The number of benzene rings is 1. The number of nitrogens with one attached hydrogen (secondary N) is 1. The Bertz CT molecular complexity index is 693.